The van der Waals surface area contributed by atoms with E-state index in [0.29, 0.717) is 33.9 Å². The molecule has 0 aliphatic rings. The Morgan fingerprint density at radius 1 is 0.822 bits per heavy atom. The van der Waals surface area contributed by atoms with Crippen molar-refractivity contribution in [2.24, 2.45) is 5.73 Å². The maximum absolute atomic E-state index is 13.5. The van der Waals surface area contributed by atoms with Crippen LogP contribution in [0.5, 0.6) is 0 Å². The zero-order valence-electron chi connectivity index (χ0n) is 23.6. The van der Waals surface area contributed by atoms with Gasteiger partial charge in [0.15, 0.2) is 5.78 Å². The summed E-state index contributed by atoms with van der Waals surface area (Å²) in [5, 5.41) is 16.4. The van der Waals surface area contributed by atoms with Crippen LogP contribution in [0.1, 0.15) is 33.3 Å². The number of nitro benzene ring substituents is 1. The van der Waals surface area contributed by atoms with Crippen LogP contribution in [-0.4, -0.2) is 22.5 Å². The molecule has 1 atom stereocenters. The number of hydrogen-bond acceptors (Lipinski definition) is 7. The first-order chi connectivity index (χ1) is 21.3. The van der Waals surface area contributed by atoms with Crippen molar-refractivity contribution in [2.45, 2.75) is 6.04 Å². The number of hydrogen-bond donors (Lipinski definition) is 3. The molecule has 0 aliphatic carbocycles. The van der Waals surface area contributed by atoms with Crippen molar-refractivity contribution in [3.05, 3.63) is 154 Å². The summed E-state index contributed by atoms with van der Waals surface area (Å²) in [7, 11) is 0. The van der Waals surface area contributed by atoms with Crippen LogP contribution in [0, 0.1) is 10.1 Å². The van der Waals surface area contributed by atoms with Crippen LogP contribution in [0.4, 0.5) is 17.1 Å². The number of nitrogens with two attached hydrogens (primary N) is 1. The predicted molar refractivity (Wildman–Crippen MR) is 174 cm³/mol. The van der Waals surface area contributed by atoms with Crippen molar-refractivity contribution >= 4 is 53.1 Å². The van der Waals surface area contributed by atoms with Gasteiger partial charge in [-0.25, -0.2) is 0 Å². The third-order valence-corrected chi connectivity index (χ3v) is 6.66. The number of nitrogens with zero attached hydrogens (tertiary/aromatic N) is 1. The van der Waals surface area contributed by atoms with Gasteiger partial charge < -0.3 is 20.8 Å². The monoisotopic (exact) mass is 622 g/mol. The van der Waals surface area contributed by atoms with Gasteiger partial charge in [0.25, 0.3) is 5.69 Å². The molecule has 45 heavy (non-hydrogen) atoms. The Morgan fingerprint density at radius 2 is 1.49 bits per heavy atom. The molecule has 0 fully saturated rings. The fourth-order valence-electron chi connectivity index (χ4n) is 4.37. The summed E-state index contributed by atoms with van der Waals surface area (Å²) >= 11 is 0. The van der Waals surface area contributed by atoms with E-state index >= 15 is 0 Å². The maximum atomic E-state index is 13.5. The minimum absolute atomic E-state index is 0. The predicted octanol–water partition coefficient (Wildman–Crippen LogP) is 6.80. The van der Waals surface area contributed by atoms with Crippen LogP contribution in [0.25, 0.3) is 17.4 Å². The summed E-state index contributed by atoms with van der Waals surface area (Å²) < 4.78 is 5.74. The van der Waals surface area contributed by atoms with E-state index in [4.69, 9.17) is 10.2 Å². The van der Waals surface area contributed by atoms with Gasteiger partial charge in [0.05, 0.1) is 10.6 Å². The number of nitrogens with one attached hydrogen (secondary N) is 2. The SMILES string of the molecule is Cl.N[C@H](C(=O)Nc1ccc(NC(=O)/C=C/c2ccc(-c3ccc([N+](=O)[O-])cc3)o2)cc1C(=O)c1ccccc1)c1ccccc1. The minimum Gasteiger partial charge on any atom is -0.457 e. The van der Waals surface area contributed by atoms with Crippen molar-refractivity contribution < 1.29 is 23.7 Å². The van der Waals surface area contributed by atoms with Crippen LogP contribution < -0.4 is 16.4 Å². The number of ketones is 1. The molecule has 0 spiro atoms. The number of rotatable bonds is 10. The van der Waals surface area contributed by atoms with Crippen LogP contribution in [0.3, 0.4) is 0 Å². The van der Waals surface area contributed by atoms with E-state index in [1.807, 2.05) is 6.07 Å². The molecule has 1 heterocycles. The highest BCUT2D eigenvalue weighted by atomic mass is 35.5. The van der Waals surface area contributed by atoms with Crippen molar-refractivity contribution in [3.63, 3.8) is 0 Å². The molecule has 11 heteroatoms. The van der Waals surface area contributed by atoms with Crippen LogP contribution in [0.2, 0.25) is 0 Å². The average Bonchev–Trinajstić information content (AvgIpc) is 3.54. The van der Waals surface area contributed by atoms with Gasteiger partial charge in [0.1, 0.15) is 17.6 Å². The number of carbonyl (C=O) groups is 3. The molecule has 0 saturated heterocycles. The van der Waals surface area contributed by atoms with Crippen molar-refractivity contribution in [3.8, 4) is 11.3 Å². The Morgan fingerprint density at radius 3 is 2.16 bits per heavy atom. The Hall–Kier alpha value is -5.84. The van der Waals surface area contributed by atoms with E-state index in [0.717, 1.165) is 0 Å². The van der Waals surface area contributed by atoms with Gasteiger partial charge in [-0.15, -0.1) is 12.4 Å². The van der Waals surface area contributed by atoms with Gasteiger partial charge in [0, 0.05) is 40.6 Å². The number of benzene rings is 4. The maximum Gasteiger partial charge on any atom is 0.269 e. The van der Waals surface area contributed by atoms with Gasteiger partial charge >= 0.3 is 0 Å². The lowest BCUT2D eigenvalue weighted by Gasteiger charge is -2.16. The Balaban J connectivity index is 0.00000461. The summed E-state index contributed by atoms with van der Waals surface area (Å²) in [6.45, 7) is 0. The fourth-order valence-corrected chi connectivity index (χ4v) is 4.37. The smallest absolute Gasteiger partial charge is 0.269 e. The third-order valence-electron chi connectivity index (χ3n) is 6.66. The molecule has 0 radical (unpaired) electrons. The summed E-state index contributed by atoms with van der Waals surface area (Å²) in [6, 6.07) is 30.3. The molecule has 2 amide bonds. The molecule has 0 aliphatic heterocycles. The quantitative estimate of drug-likeness (QED) is 0.0669. The molecular weight excluding hydrogens is 596 g/mol. The Bertz CT molecular complexity index is 1860. The molecule has 0 saturated carbocycles. The van der Waals surface area contributed by atoms with Crippen molar-refractivity contribution in [1.82, 2.24) is 0 Å². The van der Waals surface area contributed by atoms with E-state index in [2.05, 4.69) is 10.6 Å². The normalized spacial score (nSPS) is 11.3. The minimum atomic E-state index is -0.956. The van der Waals surface area contributed by atoms with E-state index < -0.39 is 22.8 Å². The number of carbonyl (C=O) groups excluding carboxylic acids is 3. The second-order valence-electron chi connectivity index (χ2n) is 9.66. The van der Waals surface area contributed by atoms with Gasteiger partial charge in [0.2, 0.25) is 11.8 Å². The number of halogens is 1. The molecule has 5 aromatic rings. The first kappa shape index (κ1) is 32.1. The topological polar surface area (TPSA) is 158 Å². The second-order valence-corrected chi connectivity index (χ2v) is 9.66. The number of anilines is 2. The molecule has 1 aromatic heterocycles. The first-order valence-corrected chi connectivity index (χ1v) is 13.5. The molecular formula is C34H27ClN4O6. The lowest BCUT2D eigenvalue weighted by molar-refractivity contribution is -0.384. The number of furan rings is 1. The lowest BCUT2D eigenvalue weighted by atomic mass is 10.00. The standard InChI is InChI=1S/C34H26N4O6.ClH/c35-32(23-7-3-1-4-8-23)34(41)37-29-18-13-25(21-28(29)33(40)24-9-5-2-6-10-24)36-31(39)20-17-27-16-19-30(44-27)22-11-14-26(15-12-22)38(42)43;/h1-21,32H,35H2,(H,36,39)(H,37,41);1H/b20-17+;/t32-;/m0./s1. The summed E-state index contributed by atoms with van der Waals surface area (Å²) in [5.74, 6) is -0.464. The van der Waals surface area contributed by atoms with E-state index in [9.17, 15) is 24.5 Å². The third kappa shape index (κ3) is 7.96. The van der Waals surface area contributed by atoms with Gasteiger partial charge in [-0.05, 0) is 54.1 Å². The summed E-state index contributed by atoms with van der Waals surface area (Å²) in [4.78, 5) is 49.6. The van der Waals surface area contributed by atoms with Crippen molar-refractivity contribution in [1.29, 1.82) is 0 Å². The molecule has 0 bridgehead atoms. The van der Waals surface area contributed by atoms with Crippen LogP contribution >= 0.6 is 12.4 Å². The summed E-state index contributed by atoms with van der Waals surface area (Å²) in [5.41, 5.74) is 8.54. The van der Waals surface area contributed by atoms with Crippen molar-refractivity contribution in [2.75, 3.05) is 10.6 Å². The van der Waals surface area contributed by atoms with E-state index in [-0.39, 0.29) is 35.1 Å². The summed E-state index contributed by atoms with van der Waals surface area (Å²) in [6.07, 6.45) is 2.74. The molecule has 5 rings (SSSR count). The average molecular weight is 623 g/mol. The van der Waals surface area contributed by atoms with E-state index in [1.165, 1.54) is 36.4 Å². The zero-order valence-corrected chi connectivity index (χ0v) is 24.4. The highest BCUT2D eigenvalue weighted by molar-refractivity contribution is 6.15. The van der Waals surface area contributed by atoms with Gasteiger partial charge in [-0.2, -0.15) is 0 Å². The van der Waals surface area contributed by atoms with Gasteiger partial charge in [-0.1, -0.05) is 60.7 Å². The van der Waals surface area contributed by atoms with Gasteiger partial charge in [-0.3, -0.25) is 24.5 Å². The van der Waals surface area contributed by atoms with Crippen LogP contribution in [-0.2, 0) is 9.59 Å². The highest BCUT2D eigenvalue weighted by Gasteiger charge is 2.20. The Labute approximate surface area is 264 Å². The zero-order chi connectivity index (χ0) is 31.1. The number of nitro groups is 1. The molecule has 10 nitrogen and oxygen atoms in total. The molecule has 4 aromatic carbocycles. The second kappa shape index (κ2) is 14.6. The fraction of sp³-hybridized carbons (Fsp3) is 0.0294. The molecule has 4 N–H and O–H groups in total. The molecule has 0 unspecified atom stereocenters. The lowest BCUT2D eigenvalue weighted by Crippen LogP contribution is -2.28. The van der Waals surface area contributed by atoms with Crippen LogP contribution in [0.15, 0.2) is 126 Å². The number of amides is 2. The molecule has 226 valence electrons. The number of non-ortho nitro benzene ring substituents is 1. The Kier molecular flexibility index (Phi) is 10.4. The highest BCUT2D eigenvalue weighted by Crippen LogP contribution is 2.27. The van der Waals surface area contributed by atoms with E-state index in [1.54, 1.807) is 84.9 Å². The largest absolute Gasteiger partial charge is 0.457 e. The first-order valence-electron chi connectivity index (χ1n) is 13.5.